The van der Waals surface area contributed by atoms with Gasteiger partial charge in [-0.25, -0.2) is 0 Å². The molecule has 0 aliphatic heterocycles. The van der Waals surface area contributed by atoms with Crippen LogP contribution in [0.25, 0.3) is 0 Å². The van der Waals surface area contributed by atoms with Crippen molar-refractivity contribution in [3.63, 3.8) is 0 Å². The molecule has 0 atom stereocenters. The summed E-state index contributed by atoms with van der Waals surface area (Å²) < 4.78 is 8.38. The molecule has 0 bridgehead atoms. The van der Waals surface area contributed by atoms with E-state index >= 15 is 0 Å². The van der Waals surface area contributed by atoms with E-state index < -0.39 is 0 Å². The third-order valence-electron chi connectivity index (χ3n) is 0. The fourth-order valence-corrected chi connectivity index (χ4v) is 0. The number of hydrogen-bond acceptors (Lipinski definition) is 1. The van der Waals surface area contributed by atoms with Gasteiger partial charge in [-0.1, -0.05) is 0 Å². The first-order chi connectivity index (χ1) is 1.00. The molecule has 1 nitrogen and oxygen atoms in total. The first-order valence-corrected chi connectivity index (χ1v) is 1.50. The Morgan fingerprint density at radius 3 is 1.25 bits per heavy atom. The van der Waals surface area contributed by atoms with E-state index in [2.05, 4.69) is 0 Å². The standard InChI is InChI=1S/GeH2O.La.Li.H/c1-2;;;/h1H2;;;. The van der Waals surface area contributed by atoms with E-state index in [0.717, 1.165) is 0 Å². The van der Waals surface area contributed by atoms with E-state index in [4.69, 9.17) is 3.78 Å². The van der Waals surface area contributed by atoms with E-state index in [1.807, 2.05) is 0 Å². The van der Waals surface area contributed by atoms with Crippen molar-refractivity contribution >= 4 is 35.3 Å². The molecule has 0 fully saturated rings. The van der Waals surface area contributed by atoms with Crippen LogP contribution in [-0.2, 0) is 3.78 Å². The Morgan fingerprint density at radius 1 is 1.25 bits per heavy atom. The molecule has 0 N–H and O–H groups in total. The average Bonchev–Trinajstić information content (AvgIpc) is 1.00. The van der Waals surface area contributed by atoms with Gasteiger partial charge in [0.15, 0.2) is 0 Å². The zero-order valence-corrected chi connectivity index (χ0v) is 8.29. The predicted molar refractivity (Wildman–Crippen MR) is 16.4 cm³/mol. The molecular weight excluding hydrogens is 234 g/mol. The Bertz CT molecular complexity index is 8.00. The summed E-state index contributed by atoms with van der Waals surface area (Å²) in [7, 11) is 0. The molecule has 0 heterocycles. The summed E-state index contributed by atoms with van der Waals surface area (Å²) in [6.07, 6.45) is 0. The van der Waals surface area contributed by atoms with Crippen LogP contribution in [0.4, 0.5) is 0 Å². The predicted octanol–water partition coefficient (Wildman–Crippen LogP) is -1.68. The summed E-state index contributed by atoms with van der Waals surface area (Å²) in [5.74, 6) is 0. The topological polar surface area (TPSA) is 17.1 Å². The Labute approximate surface area is 73.5 Å². The number of rotatable bonds is 0. The van der Waals surface area contributed by atoms with Gasteiger partial charge in [-0.05, 0) is 0 Å². The van der Waals surface area contributed by atoms with Crippen molar-refractivity contribution in [3.8, 4) is 0 Å². The summed E-state index contributed by atoms with van der Waals surface area (Å²) in [4.78, 5) is 0. The molecule has 0 unspecified atom stereocenters. The van der Waals surface area contributed by atoms with E-state index in [1.165, 1.54) is 0 Å². The second-order valence-corrected chi connectivity index (χ2v) is 0. The fraction of sp³-hybridized carbons (Fsp3) is 0. The molecule has 0 saturated heterocycles. The third-order valence-corrected chi connectivity index (χ3v) is 0. The summed E-state index contributed by atoms with van der Waals surface area (Å²) in [6.45, 7) is 0. The minimum atomic E-state index is 0. The Balaban J connectivity index is -0.00000000500. The molecule has 0 aromatic heterocycles. The fourth-order valence-electron chi connectivity index (χ4n) is 0. The first-order valence-electron chi connectivity index (χ1n) is 0.289. The van der Waals surface area contributed by atoms with Crippen molar-refractivity contribution in [1.82, 2.24) is 0 Å². The molecule has 4 heteroatoms. The molecule has 0 amide bonds. The van der Waals surface area contributed by atoms with E-state index in [-0.39, 0.29) is 70.9 Å². The number of hydrogen-bond donors (Lipinski definition) is 0. The summed E-state index contributed by atoms with van der Waals surface area (Å²) in [6, 6.07) is 0. The van der Waals surface area contributed by atoms with Gasteiger partial charge in [0.1, 0.15) is 0 Å². The van der Waals surface area contributed by atoms with Gasteiger partial charge in [-0.15, -0.1) is 0 Å². The van der Waals surface area contributed by atoms with Crippen molar-refractivity contribution in [2.24, 2.45) is 0 Å². The molecule has 4 heavy (non-hydrogen) atoms. The van der Waals surface area contributed by atoms with E-state index in [0.29, 0.717) is 0 Å². The van der Waals surface area contributed by atoms with Gasteiger partial charge in [0.25, 0.3) is 0 Å². The van der Waals surface area contributed by atoms with E-state index in [9.17, 15) is 0 Å². The van der Waals surface area contributed by atoms with Crippen LogP contribution in [0.2, 0.25) is 0 Å². The second-order valence-electron chi connectivity index (χ2n) is 0. The Hall–Kier alpha value is 2.14. The summed E-state index contributed by atoms with van der Waals surface area (Å²) in [5.41, 5.74) is 0. The Kier molecular flexibility index (Phi) is 79.3. The van der Waals surface area contributed by atoms with Crippen LogP contribution in [-0.4, -0.2) is 35.3 Å². The summed E-state index contributed by atoms with van der Waals surface area (Å²) >= 11 is 0.125. The van der Waals surface area contributed by atoms with Crippen LogP contribution in [0.5, 0.6) is 0 Å². The van der Waals surface area contributed by atoms with Crippen molar-refractivity contribution in [1.29, 1.82) is 0 Å². The Morgan fingerprint density at radius 2 is 1.25 bits per heavy atom. The summed E-state index contributed by atoms with van der Waals surface area (Å²) in [5, 5.41) is 0. The first kappa shape index (κ1) is 16.5. The molecule has 1 radical (unpaired) electrons. The van der Waals surface area contributed by atoms with Crippen LogP contribution >= 0.6 is 0 Å². The average molecular weight is 237 g/mol. The molecule has 0 aliphatic rings. The van der Waals surface area contributed by atoms with Crippen LogP contribution in [0, 0.1) is 35.6 Å². The van der Waals surface area contributed by atoms with Gasteiger partial charge in [-0.2, -0.15) is 0 Å². The van der Waals surface area contributed by atoms with Crippen molar-refractivity contribution in [2.75, 3.05) is 0 Å². The third kappa shape index (κ3) is 8.92. The molecule has 0 saturated carbocycles. The monoisotopic (exact) mass is 239 g/mol. The van der Waals surface area contributed by atoms with Gasteiger partial charge in [-0.3, -0.25) is 0 Å². The molecular formula is H3GeLaLiO. The van der Waals surface area contributed by atoms with E-state index in [1.54, 1.807) is 0 Å². The molecule has 0 spiro atoms. The van der Waals surface area contributed by atoms with Gasteiger partial charge < -0.3 is 0 Å². The second kappa shape index (κ2) is 19.3. The van der Waals surface area contributed by atoms with Crippen LogP contribution in [0.1, 0.15) is 0 Å². The quantitative estimate of drug-likeness (QED) is 0.460. The van der Waals surface area contributed by atoms with Gasteiger partial charge in [0.05, 0.1) is 0 Å². The zero-order valence-electron chi connectivity index (χ0n) is 1.69. The molecule has 0 aliphatic carbocycles. The van der Waals surface area contributed by atoms with Crippen molar-refractivity contribution in [3.05, 3.63) is 0 Å². The van der Waals surface area contributed by atoms with Crippen molar-refractivity contribution < 1.29 is 39.4 Å². The van der Waals surface area contributed by atoms with Gasteiger partial charge >= 0.3 is 39.1 Å². The molecule has 0 rings (SSSR count). The van der Waals surface area contributed by atoms with Crippen molar-refractivity contribution in [2.45, 2.75) is 0 Å². The SMILES string of the molecule is [La].[LiH].[O]=[GeH2]. The van der Waals surface area contributed by atoms with Gasteiger partial charge in [0, 0.05) is 35.6 Å². The maximum atomic E-state index is 8.38. The molecule has 0 aromatic rings. The van der Waals surface area contributed by atoms with Crippen LogP contribution in [0.15, 0.2) is 0 Å². The maximum absolute atomic E-state index is 8.38. The minimum absolute atomic E-state index is 0. The zero-order chi connectivity index (χ0) is 2.00. The van der Waals surface area contributed by atoms with Gasteiger partial charge in [0.2, 0.25) is 0 Å². The van der Waals surface area contributed by atoms with Crippen LogP contribution in [0.3, 0.4) is 0 Å². The normalized spacial score (nSPS) is 1.00. The molecule has 17 valence electrons. The van der Waals surface area contributed by atoms with Crippen LogP contribution < -0.4 is 0 Å². The molecule has 0 aromatic carbocycles.